The van der Waals surface area contributed by atoms with E-state index < -0.39 is 5.56 Å². The normalized spacial score (nSPS) is 10.9. The summed E-state index contributed by atoms with van der Waals surface area (Å²) in [5.74, 6) is 0.118. The van der Waals surface area contributed by atoms with E-state index in [0.29, 0.717) is 23.3 Å². The number of nitrogens with zero attached hydrogens (tertiary/aromatic N) is 2. The molecule has 2 aromatic heterocycles. The molecule has 0 bridgehead atoms. The van der Waals surface area contributed by atoms with Crippen LogP contribution in [0.3, 0.4) is 0 Å². The molecule has 0 saturated heterocycles. The van der Waals surface area contributed by atoms with Gasteiger partial charge in [-0.15, -0.1) is 0 Å². The number of aromatic amines is 1. The maximum absolute atomic E-state index is 11.4. The summed E-state index contributed by atoms with van der Waals surface area (Å²) in [4.78, 5) is 13.7. The Labute approximate surface area is 79.0 Å². The average Bonchev–Trinajstić information content (AvgIpc) is 2.42. The third-order valence-electron chi connectivity index (χ3n) is 2.06. The van der Waals surface area contributed by atoms with E-state index >= 15 is 0 Å². The Morgan fingerprint density at radius 2 is 2.43 bits per heavy atom. The molecule has 0 unspecified atom stereocenters. The van der Waals surface area contributed by atoms with Crippen LogP contribution in [0.5, 0.6) is 5.88 Å². The predicted molar refractivity (Wildman–Crippen MR) is 52.1 cm³/mol. The minimum Gasteiger partial charge on any atom is -0.494 e. The lowest BCUT2D eigenvalue weighted by Crippen LogP contribution is -2.07. The van der Waals surface area contributed by atoms with Crippen molar-refractivity contribution in [3.8, 4) is 5.88 Å². The second kappa shape index (κ2) is 2.76. The van der Waals surface area contributed by atoms with Crippen molar-refractivity contribution in [2.45, 2.75) is 13.5 Å². The molecule has 0 amide bonds. The Morgan fingerprint density at radius 3 is 3.07 bits per heavy atom. The van der Waals surface area contributed by atoms with Crippen LogP contribution in [-0.4, -0.2) is 19.9 Å². The van der Waals surface area contributed by atoms with Crippen LogP contribution in [-0.2, 0) is 6.54 Å². The van der Waals surface area contributed by atoms with Crippen molar-refractivity contribution in [3.63, 3.8) is 0 Å². The summed E-state index contributed by atoms with van der Waals surface area (Å²) in [6.07, 6.45) is 0. The number of anilines is 1. The molecule has 0 aromatic carbocycles. The molecule has 0 saturated carbocycles. The summed E-state index contributed by atoms with van der Waals surface area (Å²) in [5, 5.41) is 13.5. The van der Waals surface area contributed by atoms with Crippen molar-refractivity contribution in [3.05, 3.63) is 16.4 Å². The number of nitrogens with two attached hydrogens (primary N) is 1. The number of aryl methyl sites for hydroxylation is 1. The zero-order chi connectivity index (χ0) is 10.3. The second-order valence-electron chi connectivity index (χ2n) is 2.94. The highest BCUT2D eigenvalue weighted by molar-refractivity contribution is 5.88. The van der Waals surface area contributed by atoms with E-state index in [0.717, 1.165) is 0 Å². The molecule has 74 valence electrons. The van der Waals surface area contributed by atoms with Gasteiger partial charge >= 0.3 is 0 Å². The van der Waals surface area contributed by atoms with Crippen LogP contribution in [0.1, 0.15) is 6.92 Å². The first-order valence-corrected chi connectivity index (χ1v) is 4.21. The number of fused-ring (bicyclic) bond motifs is 1. The molecule has 0 radical (unpaired) electrons. The summed E-state index contributed by atoms with van der Waals surface area (Å²) in [5.41, 5.74) is 5.69. The highest BCUT2D eigenvalue weighted by Crippen LogP contribution is 2.18. The van der Waals surface area contributed by atoms with Crippen molar-refractivity contribution in [2.75, 3.05) is 5.73 Å². The second-order valence-corrected chi connectivity index (χ2v) is 2.94. The van der Waals surface area contributed by atoms with Gasteiger partial charge < -0.3 is 10.8 Å². The van der Waals surface area contributed by atoms with Gasteiger partial charge in [0, 0.05) is 12.6 Å². The molecular formula is C8H10N4O2. The molecule has 6 nitrogen and oxygen atoms in total. The number of nitrogen functional groups attached to an aromatic ring is 1. The molecule has 2 rings (SSSR count). The molecule has 0 aliphatic heterocycles. The number of pyridine rings is 1. The van der Waals surface area contributed by atoms with E-state index in [1.54, 1.807) is 0 Å². The van der Waals surface area contributed by atoms with Crippen LogP contribution in [0, 0.1) is 0 Å². The SMILES string of the molecule is CCn1nc2cc(O)[nH]c(=O)c2c1N. The number of nitrogens with one attached hydrogen (secondary N) is 1. The fourth-order valence-corrected chi connectivity index (χ4v) is 1.41. The Balaban J connectivity index is 2.92. The highest BCUT2D eigenvalue weighted by atomic mass is 16.3. The van der Waals surface area contributed by atoms with Crippen molar-refractivity contribution in [2.24, 2.45) is 0 Å². The van der Waals surface area contributed by atoms with Crippen molar-refractivity contribution < 1.29 is 5.11 Å². The molecule has 0 atom stereocenters. The van der Waals surface area contributed by atoms with Gasteiger partial charge in [-0.2, -0.15) is 5.10 Å². The average molecular weight is 194 g/mol. The van der Waals surface area contributed by atoms with Gasteiger partial charge in [0.1, 0.15) is 16.7 Å². The van der Waals surface area contributed by atoms with Crippen LogP contribution >= 0.6 is 0 Å². The third-order valence-corrected chi connectivity index (χ3v) is 2.06. The first kappa shape index (κ1) is 8.61. The van der Waals surface area contributed by atoms with Gasteiger partial charge in [0.15, 0.2) is 5.88 Å². The molecule has 0 aliphatic rings. The molecule has 0 aliphatic carbocycles. The number of aromatic nitrogens is 3. The fraction of sp³-hybridized carbons (Fsp3) is 0.250. The quantitative estimate of drug-likeness (QED) is 0.596. The highest BCUT2D eigenvalue weighted by Gasteiger charge is 2.11. The Kier molecular flexibility index (Phi) is 1.70. The van der Waals surface area contributed by atoms with E-state index in [2.05, 4.69) is 10.1 Å². The summed E-state index contributed by atoms with van der Waals surface area (Å²) in [7, 11) is 0. The zero-order valence-electron chi connectivity index (χ0n) is 7.61. The van der Waals surface area contributed by atoms with Crippen LogP contribution in [0.4, 0.5) is 5.82 Å². The topological polar surface area (TPSA) is 96.9 Å². The molecule has 2 aromatic rings. The standard InChI is InChI=1S/C8H10N4O2/c1-2-12-7(9)6-4(11-12)3-5(13)10-8(6)14/h3,13H,2,9H2,1H3,(H,10,14). The van der Waals surface area contributed by atoms with E-state index in [-0.39, 0.29) is 5.88 Å². The van der Waals surface area contributed by atoms with Gasteiger partial charge in [-0.3, -0.25) is 9.78 Å². The summed E-state index contributed by atoms with van der Waals surface area (Å²) >= 11 is 0. The first-order chi connectivity index (χ1) is 6.63. The van der Waals surface area contributed by atoms with Gasteiger partial charge in [-0.1, -0.05) is 0 Å². The predicted octanol–water partition coefficient (Wildman–Crippen LogP) is 0.0323. The number of hydrogen-bond acceptors (Lipinski definition) is 4. The molecule has 6 heteroatoms. The lowest BCUT2D eigenvalue weighted by molar-refractivity contribution is 0.453. The van der Waals surface area contributed by atoms with Crippen LogP contribution < -0.4 is 11.3 Å². The van der Waals surface area contributed by atoms with E-state index in [4.69, 9.17) is 10.8 Å². The summed E-state index contributed by atoms with van der Waals surface area (Å²) < 4.78 is 1.51. The maximum atomic E-state index is 11.4. The van der Waals surface area contributed by atoms with Crippen molar-refractivity contribution >= 4 is 16.7 Å². The van der Waals surface area contributed by atoms with E-state index in [1.165, 1.54) is 10.7 Å². The number of rotatable bonds is 1. The Morgan fingerprint density at radius 1 is 1.71 bits per heavy atom. The molecule has 4 N–H and O–H groups in total. The minimum atomic E-state index is -0.419. The van der Waals surface area contributed by atoms with Gasteiger partial charge in [0.25, 0.3) is 5.56 Å². The van der Waals surface area contributed by atoms with Gasteiger partial charge in [-0.25, -0.2) is 4.68 Å². The number of H-pyrrole nitrogens is 1. The van der Waals surface area contributed by atoms with Crippen LogP contribution in [0.15, 0.2) is 10.9 Å². The van der Waals surface area contributed by atoms with Gasteiger partial charge in [0.2, 0.25) is 0 Å². The summed E-state index contributed by atoms with van der Waals surface area (Å²) in [6.45, 7) is 2.46. The molecule has 2 heterocycles. The van der Waals surface area contributed by atoms with Crippen LogP contribution in [0.25, 0.3) is 10.9 Å². The van der Waals surface area contributed by atoms with Crippen molar-refractivity contribution in [1.29, 1.82) is 0 Å². The molecule has 14 heavy (non-hydrogen) atoms. The Bertz CT molecular complexity index is 540. The number of hydrogen-bond donors (Lipinski definition) is 3. The minimum absolute atomic E-state index is 0.205. The van der Waals surface area contributed by atoms with E-state index in [9.17, 15) is 4.79 Å². The van der Waals surface area contributed by atoms with Crippen LogP contribution in [0.2, 0.25) is 0 Å². The van der Waals surface area contributed by atoms with Gasteiger partial charge in [-0.05, 0) is 6.92 Å². The van der Waals surface area contributed by atoms with E-state index in [1.807, 2.05) is 6.92 Å². The fourth-order valence-electron chi connectivity index (χ4n) is 1.41. The first-order valence-electron chi connectivity index (χ1n) is 4.21. The molecule has 0 fully saturated rings. The lowest BCUT2D eigenvalue weighted by Gasteiger charge is -1.95. The van der Waals surface area contributed by atoms with Crippen molar-refractivity contribution in [1.82, 2.24) is 14.8 Å². The Hall–Kier alpha value is -1.98. The third kappa shape index (κ3) is 1.04. The monoisotopic (exact) mass is 194 g/mol. The zero-order valence-corrected chi connectivity index (χ0v) is 7.61. The molecule has 0 spiro atoms. The maximum Gasteiger partial charge on any atom is 0.263 e. The molecular weight excluding hydrogens is 184 g/mol. The lowest BCUT2D eigenvalue weighted by atomic mass is 10.3. The summed E-state index contributed by atoms with van der Waals surface area (Å²) in [6, 6.07) is 1.37. The van der Waals surface area contributed by atoms with Gasteiger partial charge in [0.05, 0.1) is 0 Å². The number of aromatic hydroxyl groups is 1. The largest absolute Gasteiger partial charge is 0.494 e. The smallest absolute Gasteiger partial charge is 0.263 e.